The van der Waals surface area contributed by atoms with Gasteiger partial charge in [-0.2, -0.15) is 0 Å². The van der Waals surface area contributed by atoms with Gasteiger partial charge in [-0.1, -0.05) is 11.3 Å². The maximum atomic E-state index is 13.5. The number of ether oxygens (including phenoxy) is 1. The van der Waals surface area contributed by atoms with Crippen LogP contribution in [0.3, 0.4) is 0 Å². The van der Waals surface area contributed by atoms with Crippen LogP contribution >= 0.6 is 23.3 Å². The summed E-state index contributed by atoms with van der Waals surface area (Å²) < 4.78 is 50.3. The summed E-state index contributed by atoms with van der Waals surface area (Å²) >= 11 is 2.13. The minimum atomic E-state index is -2.71. The van der Waals surface area contributed by atoms with Crippen LogP contribution in [0.15, 0.2) is 23.4 Å². The van der Waals surface area contributed by atoms with Crippen LogP contribution in [-0.2, 0) is 4.74 Å². The topological polar surface area (TPSA) is 87.9 Å². The zero-order valence-corrected chi connectivity index (χ0v) is 22.3. The highest BCUT2D eigenvalue weighted by atomic mass is 32.2. The van der Waals surface area contributed by atoms with Gasteiger partial charge in [0.25, 0.3) is 6.43 Å². The largest absolute Gasteiger partial charge is 0.444 e. The molecule has 2 aliphatic rings. The fourth-order valence-electron chi connectivity index (χ4n) is 3.97. The molecule has 0 spiro atoms. The molecule has 1 amide bonds. The highest BCUT2D eigenvalue weighted by Gasteiger charge is 2.43. The summed E-state index contributed by atoms with van der Waals surface area (Å²) in [5, 5.41) is 7.45. The molecule has 1 saturated heterocycles. The predicted molar refractivity (Wildman–Crippen MR) is 136 cm³/mol. The summed E-state index contributed by atoms with van der Waals surface area (Å²) in [6, 6.07) is 2.00. The lowest BCUT2D eigenvalue weighted by Gasteiger charge is -2.37. The first-order chi connectivity index (χ1) is 17.6. The molecule has 0 bridgehead atoms. The van der Waals surface area contributed by atoms with Gasteiger partial charge in [0.05, 0.1) is 22.9 Å². The lowest BCUT2D eigenvalue weighted by atomic mass is 10.2. The van der Waals surface area contributed by atoms with E-state index in [1.807, 2.05) is 37.4 Å². The predicted octanol–water partition coefficient (Wildman–Crippen LogP) is 4.95. The van der Waals surface area contributed by atoms with Gasteiger partial charge in [-0.15, -0.1) is 10.2 Å². The minimum Gasteiger partial charge on any atom is -0.444 e. The van der Waals surface area contributed by atoms with Crippen molar-refractivity contribution in [2.24, 2.45) is 0 Å². The Labute approximate surface area is 220 Å². The second-order valence-corrected chi connectivity index (χ2v) is 12.1. The second kappa shape index (κ2) is 9.95. The number of fused-ring (bicyclic) bond motifs is 1. The van der Waals surface area contributed by atoms with E-state index in [1.54, 1.807) is 11.1 Å². The number of rotatable bonds is 7. The average Bonchev–Trinajstić information content (AvgIpc) is 3.25. The quantitative estimate of drug-likeness (QED) is 0.410. The maximum Gasteiger partial charge on any atom is 0.410 e. The van der Waals surface area contributed by atoms with Crippen LogP contribution in [-0.4, -0.2) is 74.6 Å². The van der Waals surface area contributed by atoms with Crippen molar-refractivity contribution in [2.45, 2.75) is 56.1 Å². The van der Waals surface area contributed by atoms with Gasteiger partial charge in [0.15, 0.2) is 15.8 Å². The number of piperazine rings is 1. The Kier molecular flexibility index (Phi) is 7.00. The standard InChI is InChI=1S/C23H28F3N7O2S2/c1-22(2,3)35-21(34)32-8-6-31(7-9-32)15-10-14(37-30-23(13-24)4-5-23)12-33-16(15)11-27-18(33)20-29-28-19(36-20)17(25)26/h10-12,17,30H,4-9,13H2,1-3H3. The number of halogens is 3. The molecule has 1 aliphatic heterocycles. The molecule has 9 nitrogen and oxygen atoms in total. The van der Waals surface area contributed by atoms with E-state index in [9.17, 15) is 18.0 Å². The number of carbonyl (C=O) groups is 1. The molecule has 3 aromatic heterocycles. The molecule has 2 fully saturated rings. The van der Waals surface area contributed by atoms with Crippen molar-refractivity contribution in [1.29, 1.82) is 0 Å². The van der Waals surface area contributed by atoms with Gasteiger partial charge >= 0.3 is 6.09 Å². The Morgan fingerprint density at radius 1 is 1.24 bits per heavy atom. The molecular formula is C23H28F3N7O2S2. The van der Waals surface area contributed by atoms with Gasteiger partial charge in [0.2, 0.25) is 0 Å². The zero-order chi connectivity index (χ0) is 26.4. The Morgan fingerprint density at radius 3 is 2.57 bits per heavy atom. The van der Waals surface area contributed by atoms with Crippen LogP contribution in [0.4, 0.5) is 23.7 Å². The van der Waals surface area contributed by atoms with Crippen LogP contribution in [0.1, 0.15) is 45.0 Å². The molecule has 14 heteroatoms. The number of alkyl halides is 3. The van der Waals surface area contributed by atoms with E-state index < -0.39 is 24.2 Å². The Hall–Kier alpha value is -2.58. The lowest BCUT2D eigenvalue weighted by Crippen LogP contribution is -2.50. The number of nitrogens with zero attached hydrogens (tertiary/aromatic N) is 6. The fraction of sp³-hybridized carbons (Fsp3) is 0.565. The van der Waals surface area contributed by atoms with Gasteiger partial charge in [0.1, 0.15) is 12.3 Å². The SMILES string of the molecule is CC(C)(C)OC(=O)N1CCN(c2cc(SNC3(CF)CC3)cn3c(-c4nnc(C(F)F)s4)ncc23)CC1. The van der Waals surface area contributed by atoms with Crippen LogP contribution < -0.4 is 9.62 Å². The van der Waals surface area contributed by atoms with E-state index >= 15 is 0 Å². The van der Waals surface area contributed by atoms with Crippen molar-refractivity contribution < 1.29 is 22.7 Å². The average molecular weight is 556 g/mol. The van der Waals surface area contributed by atoms with Crippen LogP contribution in [0.25, 0.3) is 16.3 Å². The third-order valence-electron chi connectivity index (χ3n) is 6.18. The molecule has 3 aromatic rings. The molecule has 5 rings (SSSR count). The number of amides is 1. The highest BCUT2D eigenvalue weighted by molar-refractivity contribution is 7.97. The van der Waals surface area contributed by atoms with Crippen LogP contribution in [0.2, 0.25) is 0 Å². The molecule has 1 aliphatic carbocycles. The van der Waals surface area contributed by atoms with Gasteiger partial charge in [-0.25, -0.2) is 22.9 Å². The molecule has 0 atom stereocenters. The van der Waals surface area contributed by atoms with E-state index in [-0.39, 0.29) is 16.1 Å². The lowest BCUT2D eigenvalue weighted by molar-refractivity contribution is 0.0240. The summed E-state index contributed by atoms with van der Waals surface area (Å²) in [7, 11) is 0. The fourth-order valence-corrected chi connectivity index (χ4v) is 5.59. The van der Waals surface area contributed by atoms with Crippen molar-refractivity contribution in [3.63, 3.8) is 0 Å². The highest BCUT2D eigenvalue weighted by Crippen LogP contribution is 2.40. The van der Waals surface area contributed by atoms with Crippen molar-refractivity contribution in [3.05, 3.63) is 23.5 Å². The second-order valence-electron chi connectivity index (χ2n) is 10.2. The van der Waals surface area contributed by atoms with Crippen molar-refractivity contribution >= 4 is 40.6 Å². The molecule has 200 valence electrons. The molecule has 0 unspecified atom stereocenters. The van der Waals surface area contributed by atoms with Gasteiger partial charge in [-0.05, 0) is 51.6 Å². The number of anilines is 1. The zero-order valence-electron chi connectivity index (χ0n) is 20.7. The Bertz CT molecular complexity index is 1280. The molecule has 1 N–H and O–H groups in total. The number of aromatic nitrogens is 4. The Balaban J connectivity index is 1.44. The third kappa shape index (κ3) is 5.65. The first-order valence-electron chi connectivity index (χ1n) is 11.9. The van der Waals surface area contributed by atoms with E-state index in [4.69, 9.17) is 4.74 Å². The van der Waals surface area contributed by atoms with E-state index in [1.165, 1.54) is 11.9 Å². The first-order valence-corrected chi connectivity index (χ1v) is 13.6. The molecule has 37 heavy (non-hydrogen) atoms. The maximum absolute atomic E-state index is 13.5. The molecule has 1 saturated carbocycles. The molecule has 4 heterocycles. The van der Waals surface area contributed by atoms with Gasteiger partial charge < -0.3 is 14.5 Å². The minimum absolute atomic E-state index is 0.286. The molecular weight excluding hydrogens is 527 g/mol. The molecule has 0 radical (unpaired) electrons. The first kappa shape index (κ1) is 26.0. The van der Waals surface area contributed by atoms with E-state index in [0.717, 1.165) is 40.3 Å². The number of hydrogen-bond acceptors (Lipinski definition) is 9. The number of nitrogens with one attached hydrogen (secondary N) is 1. The van der Waals surface area contributed by atoms with Crippen molar-refractivity contribution in [2.75, 3.05) is 37.8 Å². The smallest absolute Gasteiger partial charge is 0.410 e. The number of imidazole rings is 1. The molecule has 0 aromatic carbocycles. The Morgan fingerprint density at radius 2 is 1.97 bits per heavy atom. The van der Waals surface area contributed by atoms with Crippen molar-refractivity contribution in [1.82, 2.24) is 29.2 Å². The third-order valence-corrected chi connectivity index (χ3v) is 8.10. The van der Waals surface area contributed by atoms with E-state index in [0.29, 0.717) is 32.0 Å². The van der Waals surface area contributed by atoms with Crippen LogP contribution in [0.5, 0.6) is 0 Å². The van der Waals surface area contributed by atoms with Gasteiger partial charge in [-0.3, -0.25) is 9.12 Å². The summed E-state index contributed by atoms with van der Waals surface area (Å²) in [6.45, 7) is 7.17. The monoisotopic (exact) mass is 555 g/mol. The van der Waals surface area contributed by atoms with Crippen LogP contribution in [0, 0.1) is 0 Å². The summed E-state index contributed by atoms with van der Waals surface area (Å²) in [5.41, 5.74) is 0.575. The van der Waals surface area contributed by atoms with Crippen molar-refractivity contribution in [3.8, 4) is 10.8 Å². The number of pyridine rings is 1. The number of carbonyl (C=O) groups excluding carboxylic acids is 1. The summed E-state index contributed by atoms with van der Waals surface area (Å²) in [5.74, 6) is 0.405. The van der Waals surface area contributed by atoms with Gasteiger partial charge in [0, 0.05) is 37.3 Å². The van der Waals surface area contributed by atoms with E-state index in [2.05, 4.69) is 24.8 Å². The normalized spacial score (nSPS) is 17.6. The number of hydrogen-bond donors (Lipinski definition) is 1. The summed E-state index contributed by atoms with van der Waals surface area (Å²) in [6.07, 6.45) is 2.02. The summed E-state index contributed by atoms with van der Waals surface area (Å²) in [4.78, 5) is 21.6.